The molecule has 1 fully saturated rings. The Balaban J connectivity index is 2.15. The Labute approximate surface area is 122 Å². The van der Waals surface area contributed by atoms with Crippen molar-refractivity contribution in [2.24, 2.45) is 0 Å². The summed E-state index contributed by atoms with van der Waals surface area (Å²) in [6.45, 7) is -0.0467. The predicted octanol–water partition coefficient (Wildman–Crippen LogP) is 0.631. The van der Waals surface area contributed by atoms with Crippen LogP contribution in [0.15, 0.2) is 18.2 Å². The molecule has 0 radical (unpaired) electrons. The first-order valence-electron chi connectivity index (χ1n) is 6.43. The molecule has 1 atom stereocenters. The molecule has 0 aromatic heterocycles. The number of urea groups is 1. The molecule has 1 unspecified atom stereocenters. The molecule has 1 saturated heterocycles. The van der Waals surface area contributed by atoms with E-state index in [0.717, 1.165) is 4.90 Å². The van der Waals surface area contributed by atoms with Crippen LogP contribution >= 0.6 is 0 Å². The molecule has 0 spiro atoms. The molecule has 1 aliphatic rings. The summed E-state index contributed by atoms with van der Waals surface area (Å²) in [6, 6.07) is 4.55. The van der Waals surface area contributed by atoms with Gasteiger partial charge >= 0.3 is 6.03 Å². The molecular weight excluding hydrogens is 276 g/mol. The number of aliphatic hydroxyl groups is 1. The van der Waals surface area contributed by atoms with E-state index in [1.165, 1.54) is 19.1 Å². The Morgan fingerprint density at radius 1 is 1.24 bits per heavy atom. The van der Waals surface area contributed by atoms with E-state index in [1.807, 2.05) is 0 Å². The minimum Gasteiger partial charge on any atom is -0.493 e. The Kier molecular flexibility index (Phi) is 4.32. The summed E-state index contributed by atoms with van der Waals surface area (Å²) in [4.78, 5) is 25.8. The second-order valence-electron chi connectivity index (χ2n) is 4.77. The third-order valence-corrected chi connectivity index (χ3v) is 3.38. The lowest BCUT2D eigenvalue weighted by Crippen LogP contribution is -2.35. The predicted molar refractivity (Wildman–Crippen MR) is 74.2 cm³/mol. The summed E-state index contributed by atoms with van der Waals surface area (Å²) in [5.41, 5.74) is 0.544. The number of ether oxygens (including phenoxy) is 2. The summed E-state index contributed by atoms with van der Waals surface area (Å²) in [6.07, 6.45) is -0.982. The van der Waals surface area contributed by atoms with Gasteiger partial charge in [-0.1, -0.05) is 6.07 Å². The number of likely N-dealkylation sites (N-methyl/N-ethyl adjacent to an activating group) is 1. The van der Waals surface area contributed by atoms with Crippen LogP contribution in [0.2, 0.25) is 0 Å². The van der Waals surface area contributed by atoms with E-state index >= 15 is 0 Å². The summed E-state index contributed by atoms with van der Waals surface area (Å²) in [5, 5.41) is 10.2. The lowest BCUT2D eigenvalue weighted by Gasteiger charge is -2.19. The highest BCUT2D eigenvalue weighted by Gasteiger charge is 2.34. The fraction of sp³-hybridized carbons (Fsp3) is 0.429. The minimum absolute atomic E-state index is 0.0392. The summed E-state index contributed by atoms with van der Waals surface area (Å²) in [5.74, 6) is 0.703. The fourth-order valence-corrected chi connectivity index (χ4v) is 2.19. The molecule has 0 aliphatic carbocycles. The quantitative estimate of drug-likeness (QED) is 0.806. The fourth-order valence-electron chi connectivity index (χ4n) is 2.19. The van der Waals surface area contributed by atoms with Gasteiger partial charge in [0.2, 0.25) is 5.91 Å². The van der Waals surface area contributed by atoms with Crippen LogP contribution in [0.1, 0.15) is 11.7 Å². The highest BCUT2D eigenvalue weighted by atomic mass is 16.5. The first-order chi connectivity index (χ1) is 9.97. The van der Waals surface area contributed by atoms with Gasteiger partial charge in [0.25, 0.3) is 0 Å². The van der Waals surface area contributed by atoms with Crippen molar-refractivity contribution in [3.05, 3.63) is 23.8 Å². The SMILES string of the molecule is COc1ccc(C(O)CN2C(=O)CN(C)C2=O)cc1OC. The molecular formula is C14H18N2O5. The zero-order valence-electron chi connectivity index (χ0n) is 12.2. The van der Waals surface area contributed by atoms with Crippen LogP contribution in [0.25, 0.3) is 0 Å². The lowest BCUT2D eigenvalue weighted by molar-refractivity contribution is -0.126. The molecule has 1 N–H and O–H groups in total. The second-order valence-corrected chi connectivity index (χ2v) is 4.77. The standard InChI is InChI=1S/C14H18N2O5/c1-15-8-13(18)16(14(15)19)7-10(17)9-4-5-11(20-2)12(6-9)21-3/h4-6,10,17H,7-8H2,1-3H3. The Morgan fingerprint density at radius 2 is 1.90 bits per heavy atom. The molecule has 2 rings (SSSR count). The van der Waals surface area contributed by atoms with E-state index in [1.54, 1.807) is 25.2 Å². The zero-order chi connectivity index (χ0) is 15.6. The molecule has 1 aliphatic heterocycles. The zero-order valence-corrected chi connectivity index (χ0v) is 12.2. The number of hydrogen-bond donors (Lipinski definition) is 1. The first kappa shape index (κ1) is 15.1. The average Bonchev–Trinajstić information content (AvgIpc) is 2.72. The van der Waals surface area contributed by atoms with Gasteiger partial charge < -0.3 is 19.5 Å². The van der Waals surface area contributed by atoms with Gasteiger partial charge in [-0.2, -0.15) is 0 Å². The van der Waals surface area contributed by atoms with Crippen molar-refractivity contribution < 1.29 is 24.2 Å². The van der Waals surface area contributed by atoms with Gasteiger partial charge in [0, 0.05) is 7.05 Å². The van der Waals surface area contributed by atoms with E-state index in [0.29, 0.717) is 17.1 Å². The van der Waals surface area contributed by atoms with Gasteiger partial charge in [0.1, 0.15) is 6.54 Å². The van der Waals surface area contributed by atoms with Crippen LogP contribution in [0.3, 0.4) is 0 Å². The number of hydrogen-bond acceptors (Lipinski definition) is 5. The maximum Gasteiger partial charge on any atom is 0.327 e. The average molecular weight is 294 g/mol. The maximum absolute atomic E-state index is 11.8. The summed E-state index contributed by atoms with van der Waals surface area (Å²) >= 11 is 0. The molecule has 0 bridgehead atoms. The third kappa shape index (κ3) is 2.92. The first-order valence-corrected chi connectivity index (χ1v) is 6.43. The molecule has 1 heterocycles. The number of imide groups is 1. The number of nitrogens with zero attached hydrogens (tertiary/aromatic N) is 2. The van der Waals surface area contributed by atoms with Crippen LogP contribution in [0.4, 0.5) is 4.79 Å². The van der Waals surface area contributed by atoms with Gasteiger partial charge in [-0.3, -0.25) is 9.69 Å². The van der Waals surface area contributed by atoms with Crippen molar-refractivity contribution in [1.29, 1.82) is 0 Å². The van der Waals surface area contributed by atoms with Crippen molar-refractivity contribution in [2.75, 3.05) is 34.4 Å². The number of amides is 3. The molecule has 21 heavy (non-hydrogen) atoms. The van der Waals surface area contributed by atoms with Crippen molar-refractivity contribution >= 4 is 11.9 Å². The van der Waals surface area contributed by atoms with Crippen LogP contribution < -0.4 is 9.47 Å². The topological polar surface area (TPSA) is 79.3 Å². The summed E-state index contributed by atoms with van der Waals surface area (Å²) in [7, 11) is 4.56. The van der Waals surface area contributed by atoms with E-state index in [4.69, 9.17) is 9.47 Å². The van der Waals surface area contributed by atoms with Crippen molar-refractivity contribution in [1.82, 2.24) is 9.80 Å². The second kappa shape index (κ2) is 6.01. The smallest absolute Gasteiger partial charge is 0.327 e. The highest BCUT2D eigenvalue weighted by Crippen LogP contribution is 2.30. The van der Waals surface area contributed by atoms with Gasteiger partial charge in [-0.15, -0.1) is 0 Å². The number of benzene rings is 1. The molecule has 0 saturated carbocycles. The Bertz CT molecular complexity index is 560. The highest BCUT2D eigenvalue weighted by molar-refractivity contribution is 6.01. The van der Waals surface area contributed by atoms with E-state index in [2.05, 4.69) is 0 Å². The Hall–Kier alpha value is -2.28. The van der Waals surface area contributed by atoms with Gasteiger partial charge in [-0.05, 0) is 17.7 Å². The van der Waals surface area contributed by atoms with Crippen LogP contribution in [-0.4, -0.2) is 61.2 Å². The van der Waals surface area contributed by atoms with Crippen LogP contribution in [0, 0.1) is 0 Å². The molecule has 114 valence electrons. The molecule has 7 nitrogen and oxygen atoms in total. The van der Waals surface area contributed by atoms with E-state index in [-0.39, 0.29) is 19.0 Å². The van der Waals surface area contributed by atoms with Gasteiger partial charge in [0.15, 0.2) is 11.5 Å². The number of β-amino-alcohol motifs (C(OH)–C–C–N with tert-alkyl or cyclic N) is 1. The number of methoxy groups -OCH3 is 2. The maximum atomic E-state index is 11.8. The Morgan fingerprint density at radius 3 is 2.43 bits per heavy atom. The number of aliphatic hydroxyl groups excluding tert-OH is 1. The van der Waals surface area contributed by atoms with Crippen molar-refractivity contribution in [3.63, 3.8) is 0 Å². The number of rotatable bonds is 5. The lowest BCUT2D eigenvalue weighted by atomic mass is 10.1. The number of carbonyl (C=O) groups excluding carboxylic acids is 2. The summed E-state index contributed by atoms with van der Waals surface area (Å²) < 4.78 is 10.3. The van der Waals surface area contributed by atoms with Gasteiger partial charge in [-0.25, -0.2) is 4.79 Å². The molecule has 3 amide bonds. The monoisotopic (exact) mass is 294 g/mol. The minimum atomic E-state index is -0.982. The van der Waals surface area contributed by atoms with Gasteiger partial charge in [0.05, 0.1) is 26.9 Å². The molecule has 1 aromatic carbocycles. The molecule has 1 aromatic rings. The van der Waals surface area contributed by atoms with E-state index < -0.39 is 12.1 Å². The largest absolute Gasteiger partial charge is 0.493 e. The molecule has 7 heteroatoms. The van der Waals surface area contributed by atoms with E-state index in [9.17, 15) is 14.7 Å². The number of carbonyl (C=O) groups is 2. The van der Waals surface area contributed by atoms with Crippen LogP contribution in [-0.2, 0) is 4.79 Å². The van der Waals surface area contributed by atoms with Crippen molar-refractivity contribution in [2.45, 2.75) is 6.10 Å². The van der Waals surface area contributed by atoms with Crippen LogP contribution in [0.5, 0.6) is 11.5 Å². The van der Waals surface area contributed by atoms with Crippen molar-refractivity contribution in [3.8, 4) is 11.5 Å². The normalized spacial score (nSPS) is 16.4. The third-order valence-electron chi connectivity index (χ3n) is 3.38.